The third-order valence-electron chi connectivity index (χ3n) is 6.55. The highest BCUT2D eigenvalue weighted by Crippen LogP contribution is 2.39. The van der Waals surface area contributed by atoms with Gasteiger partial charge in [0, 0.05) is 34.2 Å². The molecule has 0 aliphatic carbocycles. The van der Waals surface area contributed by atoms with Gasteiger partial charge in [-0.25, -0.2) is 18.1 Å². The number of nitrogens with zero attached hydrogens (tertiary/aromatic N) is 1. The van der Waals surface area contributed by atoms with Gasteiger partial charge < -0.3 is 20.5 Å². The number of sulfonamides is 1. The molecule has 0 fully saturated rings. The van der Waals surface area contributed by atoms with Gasteiger partial charge in [0.05, 0.1) is 16.5 Å². The van der Waals surface area contributed by atoms with E-state index in [9.17, 15) is 18.3 Å². The Morgan fingerprint density at radius 1 is 1.08 bits per heavy atom. The zero-order chi connectivity index (χ0) is 27.3. The minimum Gasteiger partial charge on any atom is -0.469 e. The fraction of sp³-hybridized carbons (Fsp3) is 0.357. The number of carbonyl (C=O) groups is 1. The summed E-state index contributed by atoms with van der Waals surface area (Å²) in [7, 11) is -3.99. The van der Waals surface area contributed by atoms with Crippen molar-refractivity contribution >= 4 is 15.9 Å². The number of aliphatic hydroxyl groups is 1. The Hall–Kier alpha value is -3.31. The molecule has 206 valence electrons. The molecule has 38 heavy (non-hydrogen) atoms. The summed E-state index contributed by atoms with van der Waals surface area (Å²) in [6.45, 7) is 6.94. The highest BCUT2D eigenvalue weighted by Gasteiger charge is 2.45. The lowest BCUT2D eigenvalue weighted by atomic mass is 9.88. The second kappa shape index (κ2) is 11.6. The predicted molar refractivity (Wildman–Crippen MR) is 149 cm³/mol. The molecule has 2 aromatic carbocycles. The van der Waals surface area contributed by atoms with Gasteiger partial charge in [-0.05, 0) is 49.6 Å². The molecule has 1 aliphatic rings. The first-order valence-electron chi connectivity index (χ1n) is 12.6. The molecule has 0 radical (unpaired) electrons. The number of benzene rings is 2. The second-order valence-corrected chi connectivity index (χ2v) is 11.5. The molecule has 0 saturated carbocycles. The Labute approximate surface area is 226 Å². The molecule has 0 spiro atoms. The molecule has 3 aromatic rings. The lowest BCUT2D eigenvalue weighted by Crippen LogP contribution is -2.53. The lowest BCUT2D eigenvalue weighted by Gasteiger charge is -2.41. The van der Waals surface area contributed by atoms with Crippen LogP contribution in [0.25, 0.3) is 0 Å². The van der Waals surface area contributed by atoms with Crippen LogP contribution in [0.4, 0.5) is 0 Å². The molecule has 1 amide bonds. The maximum absolute atomic E-state index is 13.2. The van der Waals surface area contributed by atoms with E-state index in [0.717, 1.165) is 17.5 Å². The average Bonchev–Trinajstić information content (AvgIpc) is 2.91. The van der Waals surface area contributed by atoms with E-state index >= 15 is 0 Å². The van der Waals surface area contributed by atoms with Crippen LogP contribution in [0.15, 0.2) is 71.8 Å². The van der Waals surface area contributed by atoms with Crippen LogP contribution in [-0.4, -0.2) is 49.2 Å². The van der Waals surface area contributed by atoms with Crippen molar-refractivity contribution in [2.75, 3.05) is 13.1 Å². The van der Waals surface area contributed by atoms with Crippen molar-refractivity contribution in [1.29, 1.82) is 0 Å². The quantitative estimate of drug-likeness (QED) is 0.290. The van der Waals surface area contributed by atoms with E-state index < -0.39 is 27.8 Å². The van der Waals surface area contributed by atoms with E-state index in [1.807, 2.05) is 37.3 Å². The number of ether oxygens (including phenoxy) is 1. The van der Waals surface area contributed by atoms with Crippen LogP contribution in [0.5, 0.6) is 5.88 Å². The van der Waals surface area contributed by atoms with E-state index in [-0.39, 0.29) is 25.1 Å². The van der Waals surface area contributed by atoms with Crippen LogP contribution in [0.3, 0.4) is 0 Å². The number of pyridine rings is 1. The summed E-state index contributed by atoms with van der Waals surface area (Å²) in [5.74, 6) is -0.201. The summed E-state index contributed by atoms with van der Waals surface area (Å²) in [5.41, 5.74) is 1.57. The van der Waals surface area contributed by atoms with Gasteiger partial charge in [0.25, 0.3) is 5.91 Å². The van der Waals surface area contributed by atoms with Crippen molar-refractivity contribution in [3.63, 3.8) is 0 Å². The topological polar surface area (TPSA) is 130 Å². The van der Waals surface area contributed by atoms with Gasteiger partial charge in [-0.1, -0.05) is 49.4 Å². The Bertz CT molecular complexity index is 1370. The fourth-order valence-corrected chi connectivity index (χ4v) is 5.47. The molecule has 1 aromatic heterocycles. The SMILES string of the molecule is CCc1ccc(S(=O)(=O)N[C@@H]2c3cc(C(=O)NCCNCc4ccccc4)cnc3OC(C)(C)[C@H]2O)cc1.[HH].[HH]. The molecule has 2 atom stereocenters. The lowest BCUT2D eigenvalue weighted by molar-refractivity contribution is -0.0632. The standard InChI is InChI=1S/C28H34N4O5S.2H2/c1-4-19-10-12-22(13-11-19)38(35,36)32-24-23-16-21(18-31-27(23)37-28(2,3)25(24)33)26(34)30-15-14-29-17-20-8-6-5-7-9-20;;/h5-13,16,18,24-25,29,32-33H,4,14-15,17H2,1-3H3,(H,30,34);2*1H/t24-,25+;;/m1../s1. The van der Waals surface area contributed by atoms with Crippen molar-refractivity contribution in [2.24, 2.45) is 0 Å². The summed E-state index contributed by atoms with van der Waals surface area (Å²) >= 11 is 0. The third kappa shape index (κ3) is 6.39. The van der Waals surface area contributed by atoms with Crippen molar-refractivity contribution in [3.05, 3.63) is 89.1 Å². The highest BCUT2D eigenvalue weighted by molar-refractivity contribution is 7.89. The minimum absolute atomic E-state index is 0. The molecular weight excluding hydrogens is 504 g/mol. The number of hydrogen-bond donors (Lipinski definition) is 4. The molecule has 0 bridgehead atoms. The number of carbonyl (C=O) groups excluding carboxylic acids is 1. The first-order chi connectivity index (χ1) is 18.1. The smallest absolute Gasteiger partial charge is 0.252 e. The van der Waals surface area contributed by atoms with Crippen LogP contribution in [0, 0.1) is 0 Å². The first-order valence-corrected chi connectivity index (χ1v) is 14.1. The van der Waals surface area contributed by atoms with Crippen LogP contribution in [0.1, 0.15) is 56.7 Å². The number of hydrogen-bond acceptors (Lipinski definition) is 7. The highest BCUT2D eigenvalue weighted by atomic mass is 32.2. The average molecular weight is 543 g/mol. The number of nitrogens with one attached hydrogen (secondary N) is 3. The largest absolute Gasteiger partial charge is 0.469 e. The number of aliphatic hydroxyl groups excluding tert-OH is 1. The normalized spacial score (nSPS) is 18.3. The third-order valence-corrected chi connectivity index (χ3v) is 8.00. The summed E-state index contributed by atoms with van der Waals surface area (Å²) in [5, 5.41) is 17.2. The number of aromatic nitrogens is 1. The summed E-state index contributed by atoms with van der Waals surface area (Å²) in [6, 6.07) is 17.0. The van der Waals surface area contributed by atoms with Crippen molar-refractivity contribution < 1.29 is 25.9 Å². The first kappa shape index (κ1) is 27.7. The molecule has 2 heterocycles. The Balaban J connectivity index is 0.00000280. The molecular formula is C28H38N4O5S. The Morgan fingerprint density at radius 3 is 2.47 bits per heavy atom. The monoisotopic (exact) mass is 542 g/mol. The zero-order valence-corrected chi connectivity index (χ0v) is 22.6. The van der Waals surface area contributed by atoms with Gasteiger partial charge in [0.1, 0.15) is 11.7 Å². The maximum Gasteiger partial charge on any atom is 0.252 e. The minimum atomic E-state index is -3.99. The molecule has 4 N–H and O–H groups in total. The maximum atomic E-state index is 13.2. The van der Waals surface area contributed by atoms with E-state index in [1.165, 1.54) is 24.4 Å². The Kier molecular flexibility index (Phi) is 8.47. The van der Waals surface area contributed by atoms with Crippen LogP contribution in [0.2, 0.25) is 0 Å². The molecule has 4 rings (SSSR count). The van der Waals surface area contributed by atoms with Crippen molar-refractivity contribution in [2.45, 2.75) is 56.4 Å². The molecule has 9 nitrogen and oxygen atoms in total. The van der Waals surface area contributed by atoms with Crippen LogP contribution < -0.4 is 20.1 Å². The van der Waals surface area contributed by atoms with Gasteiger partial charge >= 0.3 is 0 Å². The Morgan fingerprint density at radius 2 is 1.79 bits per heavy atom. The van der Waals surface area contributed by atoms with Gasteiger partial charge in [0.15, 0.2) is 0 Å². The summed E-state index contributed by atoms with van der Waals surface area (Å²) in [4.78, 5) is 17.2. The van der Waals surface area contributed by atoms with Crippen molar-refractivity contribution in [1.82, 2.24) is 20.3 Å². The molecule has 0 saturated heterocycles. The van der Waals surface area contributed by atoms with Gasteiger partial charge in [0.2, 0.25) is 15.9 Å². The number of amides is 1. The van der Waals surface area contributed by atoms with Gasteiger partial charge in [-0.15, -0.1) is 0 Å². The number of fused-ring (bicyclic) bond motifs is 1. The summed E-state index contributed by atoms with van der Waals surface area (Å²) < 4.78 is 34.9. The van der Waals surface area contributed by atoms with E-state index in [0.29, 0.717) is 25.2 Å². The predicted octanol–water partition coefficient (Wildman–Crippen LogP) is 3.21. The van der Waals surface area contributed by atoms with E-state index in [2.05, 4.69) is 20.3 Å². The fourth-order valence-electron chi connectivity index (χ4n) is 4.24. The number of aryl methyl sites for hydroxylation is 1. The second-order valence-electron chi connectivity index (χ2n) is 9.78. The summed E-state index contributed by atoms with van der Waals surface area (Å²) in [6.07, 6.45) is 0.934. The van der Waals surface area contributed by atoms with Crippen LogP contribution in [-0.2, 0) is 23.0 Å². The van der Waals surface area contributed by atoms with E-state index in [4.69, 9.17) is 4.74 Å². The van der Waals surface area contributed by atoms with Gasteiger partial charge in [-0.2, -0.15) is 0 Å². The molecule has 0 unspecified atom stereocenters. The number of rotatable bonds is 10. The zero-order valence-electron chi connectivity index (χ0n) is 21.8. The van der Waals surface area contributed by atoms with E-state index in [1.54, 1.807) is 26.0 Å². The van der Waals surface area contributed by atoms with Crippen LogP contribution >= 0.6 is 0 Å². The molecule has 1 aliphatic heterocycles. The van der Waals surface area contributed by atoms with Gasteiger partial charge in [-0.3, -0.25) is 4.79 Å². The molecule has 10 heteroatoms. The van der Waals surface area contributed by atoms with Crippen molar-refractivity contribution in [3.8, 4) is 5.88 Å².